The summed E-state index contributed by atoms with van der Waals surface area (Å²) in [5, 5.41) is 70.8. The lowest BCUT2D eigenvalue weighted by molar-refractivity contribution is -0.246. The highest BCUT2D eigenvalue weighted by Gasteiger charge is 2.50. The molecule has 0 saturated carbocycles. The van der Waals surface area contributed by atoms with E-state index in [0.29, 0.717) is 31.3 Å². The minimum atomic E-state index is -1.30. The van der Waals surface area contributed by atoms with Crippen LogP contribution in [0.4, 0.5) is 0 Å². The number of esters is 2. The quantitative estimate of drug-likeness (QED) is 0.0819. The van der Waals surface area contributed by atoms with Crippen molar-refractivity contribution in [3.8, 4) is 0 Å². The van der Waals surface area contributed by atoms with Crippen LogP contribution in [-0.2, 0) is 28.5 Å². The van der Waals surface area contributed by atoms with Gasteiger partial charge < -0.3 is 54.7 Å². The molecule has 2 saturated heterocycles. The summed E-state index contributed by atoms with van der Waals surface area (Å²) in [7, 11) is 0. The van der Waals surface area contributed by atoms with E-state index in [1.165, 1.54) is 18.2 Å². The SMILES string of the molecule is C=CC(C)(O)CC/C=C(\C)C(=O)OC1C(C)OC(C(C)(C)C)C(O)C1O.C=CC(C)(O)CC/C=C(\CO)C(=O)OC1C(C)OC(C(C)(C)C)C(O)C1O. The van der Waals surface area contributed by atoms with Crippen LogP contribution in [0.1, 0.15) is 102 Å². The Morgan fingerprint density at radius 1 is 0.660 bits per heavy atom. The third-order valence-electron chi connectivity index (χ3n) is 9.61. The maximum atomic E-state index is 12.4. The van der Waals surface area contributed by atoms with E-state index in [-0.39, 0.29) is 11.0 Å². The van der Waals surface area contributed by atoms with Crippen LogP contribution in [0.5, 0.6) is 0 Å². The van der Waals surface area contributed by atoms with Crippen molar-refractivity contribution in [3.05, 3.63) is 48.6 Å². The van der Waals surface area contributed by atoms with Crippen LogP contribution < -0.4 is 0 Å². The minimum Gasteiger partial charge on any atom is -0.453 e. The maximum Gasteiger partial charge on any atom is 0.336 e. The van der Waals surface area contributed by atoms with Crippen molar-refractivity contribution < 1.29 is 64.3 Å². The Bertz CT molecular complexity index is 1270. The van der Waals surface area contributed by atoms with Gasteiger partial charge in [-0.05, 0) is 71.1 Å². The third-order valence-corrected chi connectivity index (χ3v) is 9.61. The maximum absolute atomic E-state index is 12.4. The fraction of sp³-hybridized carbons (Fsp3) is 0.750. The molecular weight excluding hydrogens is 688 g/mol. The van der Waals surface area contributed by atoms with Gasteiger partial charge in [-0.1, -0.05) is 65.8 Å². The molecule has 12 atom stereocenters. The van der Waals surface area contributed by atoms with Gasteiger partial charge in [-0.15, -0.1) is 13.2 Å². The molecule has 306 valence electrons. The minimum absolute atomic E-state index is 0.0155. The van der Waals surface area contributed by atoms with Crippen LogP contribution in [0, 0.1) is 10.8 Å². The van der Waals surface area contributed by atoms with E-state index in [1.54, 1.807) is 40.7 Å². The summed E-state index contributed by atoms with van der Waals surface area (Å²) in [6, 6.07) is 0. The Kier molecular flexibility index (Phi) is 18.3. The predicted molar refractivity (Wildman–Crippen MR) is 200 cm³/mol. The molecule has 12 unspecified atom stereocenters. The van der Waals surface area contributed by atoms with Gasteiger partial charge in [-0.3, -0.25) is 0 Å². The molecule has 0 aromatic carbocycles. The molecule has 2 aliphatic rings. The molecule has 0 aromatic rings. The Hall–Kier alpha value is -2.46. The number of hydrogen-bond donors (Lipinski definition) is 7. The van der Waals surface area contributed by atoms with Gasteiger partial charge in [0, 0.05) is 5.57 Å². The lowest BCUT2D eigenvalue weighted by Crippen LogP contribution is -2.61. The van der Waals surface area contributed by atoms with Gasteiger partial charge in [0.2, 0.25) is 0 Å². The van der Waals surface area contributed by atoms with Gasteiger partial charge in [0.15, 0.2) is 12.2 Å². The topological polar surface area (TPSA) is 213 Å². The summed E-state index contributed by atoms with van der Waals surface area (Å²) in [4.78, 5) is 24.7. The molecule has 13 heteroatoms. The van der Waals surface area contributed by atoms with E-state index in [9.17, 15) is 45.3 Å². The van der Waals surface area contributed by atoms with Gasteiger partial charge in [-0.25, -0.2) is 9.59 Å². The van der Waals surface area contributed by atoms with Crippen molar-refractivity contribution in [2.24, 2.45) is 10.8 Å². The molecule has 2 aliphatic heterocycles. The second-order valence-corrected chi connectivity index (χ2v) is 16.9. The second kappa shape index (κ2) is 19.9. The van der Waals surface area contributed by atoms with E-state index in [4.69, 9.17) is 18.9 Å². The largest absolute Gasteiger partial charge is 0.453 e. The number of allylic oxidation sites excluding steroid dienone is 2. The molecule has 0 spiro atoms. The van der Waals surface area contributed by atoms with Crippen molar-refractivity contribution in [1.82, 2.24) is 0 Å². The molecule has 13 nitrogen and oxygen atoms in total. The molecule has 0 aliphatic carbocycles. The molecule has 0 aromatic heterocycles. The predicted octanol–water partition coefficient (Wildman–Crippen LogP) is 3.21. The highest BCUT2D eigenvalue weighted by Crippen LogP contribution is 2.35. The van der Waals surface area contributed by atoms with Crippen LogP contribution in [0.25, 0.3) is 0 Å². The summed E-state index contributed by atoms with van der Waals surface area (Å²) in [6.45, 7) is 26.2. The van der Waals surface area contributed by atoms with Gasteiger partial charge >= 0.3 is 11.9 Å². The van der Waals surface area contributed by atoms with Crippen LogP contribution in [0.3, 0.4) is 0 Å². The van der Waals surface area contributed by atoms with Crippen LogP contribution >= 0.6 is 0 Å². The third kappa shape index (κ3) is 14.6. The Balaban J connectivity index is 0.000000530. The monoisotopic (exact) mass is 756 g/mol. The zero-order chi connectivity index (χ0) is 41.3. The average molecular weight is 757 g/mol. The average Bonchev–Trinajstić information content (AvgIpc) is 3.05. The number of aliphatic hydroxyl groups excluding tert-OH is 5. The molecule has 0 bridgehead atoms. The standard InChI is InChI=1S/C20H34O7.C20H34O6/c1-7-20(6,25)10-8-9-13(11-21)18(24)27-16-12(2)26-17(19(3,4)5)15(23)14(16)22;1-8-20(7,24)11-9-10-12(2)18(23)26-16-13(3)25-17(19(4,5)6)15(22)14(16)21/h7,9,12,14-17,21-23,25H,1,8,10-11H2,2-6H3;8,10,13-17,21-22,24H,1,9,11H2,2-7H3/b13-9+;12-10+. The van der Waals surface area contributed by atoms with Crippen molar-refractivity contribution in [1.29, 1.82) is 0 Å². The normalized spacial score (nSPS) is 32.3. The van der Waals surface area contributed by atoms with Crippen molar-refractivity contribution in [3.63, 3.8) is 0 Å². The second-order valence-electron chi connectivity index (χ2n) is 16.9. The Labute approximate surface area is 316 Å². The summed E-state index contributed by atoms with van der Waals surface area (Å²) < 4.78 is 22.3. The summed E-state index contributed by atoms with van der Waals surface area (Å²) in [5.41, 5.74) is -2.44. The molecule has 0 radical (unpaired) electrons. The van der Waals surface area contributed by atoms with E-state index in [1.807, 2.05) is 41.5 Å². The van der Waals surface area contributed by atoms with Crippen molar-refractivity contribution >= 4 is 11.9 Å². The number of carbonyl (C=O) groups excluding carboxylic acids is 2. The highest BCUT2D eigenvalue weighted by atomic mass is 16.6. The van der Waals surface area contributed by atoms with Gasteiger partial charge in [0.1, 0.15) is 24.4 Å². The lowest BCUT2D eigenvalue weighted by Gasteiger charge is -2.46. The summed E-state index contributed by atoms with van der Waals surface area (Å²) in [5.74, 6) is -1.37. The van der Waals surface area contributed by atoms with Gasteiger partial charge in [0.05, 0.1) is 47.8 Å². The van der Waals surface area contributed by atoms with Crippen LogP contribution in [-0.4, -0.2) is 127 Å². The lowest BCUT2D eigenvalue weighted by atomic mass is 9.80. The van der Waals surface area contributed by atoms with Crippen molar-refractivity contribution in [2.75, 3.05) is 6.61 Å². The first kappa shape index (κ1) is 48.6. The summed E-state index contributed by atoms with van der Waals surface area (Å²) in [6.07, 6.45) is -1.63. The number of ether oxygens (including phenoxy) is 4. The Morgan fingerprint density at radius 2 is 1.02 bits per heavy atom. The van der Waals surface area contributed by atoms with E-state index in [0.717, 1.165) is 0 Å². The van der Waals surface area contributed by atoms with E-state index >= 15 is 0 Å². The fourth-order valence-corrected chi connectivity index (χ4v) is 5.88. The molecule has 0 amide bonds. The first-order valence-corrected chi connectivity index (χ1v) is 18.3. The van der Waals surface area contributed by atoms with Gasteiger partial charge in [0.25, 0.3) is 0 Å². The highest BCUT2D eigenvalue weighted by molar-refractivity contribution is 5.89. The molecule has 7 N–H and O–H groups in total. The van der Waals surface area contributed by atoms with E-state index < -0.39 is 96.2 Å². The molecule has 2 heterocycles. The van der Waals surface area contributed by atoms with E-state index in [2.05, 4.69) is 13.2 Å². The molecule has 2 rings (SSSR count). The Morgan fingerprint density at radius 3 is 1.36 bits per heavy atom. The molecule has 2 fully saturated rings. The number of rotatable bonds is 13. The number of aliphatic hydroxyl groups is 7. The first-order chi connectivity index (χ1) is 24.1. The first-order valence-electron chi connectivity index (χ1n) is 18.3. The van der Waals surface area contributed by atoms with Crippen molar-refractivity contribution in [2.45, 2.75) is 174 Å². The molecular formula is C40H68O13. The van der Waals surface area contributed by atoms with Gasteiger partial charge in [-0.2, -0.15) is 0 Å². The van der Waals surface area contributed by atoms with Crippen LogP contribution in [0.2, 0.25) is 0 Å². The zero-order valence-electron chi connectivity index (χ0n) is 33.6. The number of hydrogen-bond acceptors (Lipinski definition) is 13. The van der Waals surface area contributed by atoms with Crippen LogP contribution in [0.15, 0.2) is 48.6 Å². The smallest absolute Gasteiger partial charge is 0.336 e. The fourth-order valence-electron chi connectivity index (χ4n) is 5.88. The molecule has 53 heavy (non-hydrogen) atoms. The zero-order valence-corrected chi connectivity index (χ0v) is 33.6. The summed E-state index contributed by atoms with van der Waals surface area (Å²) >= 11 is 0. The number of carbonyl (C=O) groups is 2.